The fraction of sp³-hybridized carbons (Fsp3) is 0.565. The number of alkyl halides is 2. The molecule has 7 heteroatoms. The van der Waals surface area contributed by atoms with E-state index in [1.54, 1.807) is 6.07 Å². The molecule has 0 bridgehead atoms. The molecule has 0 spiro atoms. The van der Waals surface area contributed by atoms with Gasteiger partial charge in [0, 0.05) is 38.8 Å². The molecule has 30 heavy (non-hydrogen) atoms. The first-order valence-electron chi connectivity index (χ1n) is 10.6. The second-order valence-corrected chi connectivity index (χ2v) is 10.7. The molecule has 1 aromatic carbocycles. The molecule has 1 heterocycles. The van der Waals surface area contributed by atoms with E-state index in [4.69, 9.17) is 5.14 Å². The highest BCUT2D eigenvalue weighted by atomic mass is 32.2. The Labute approximate surface area is 187 Å². The van der Waals surface area contributed by atoms with Gasteiger partial charge in [0.15, 0.2) is 0 Å². The van der Waals surface area contributed by atoms with Gasteiger partial charge in [-0.3, -0.25) is 9.86 Å². The lowest BCUT2D eigenvalue weighted by atomic mass is 9.89. The molecule has 0 unspecified atom stereocenters. The largest absolute Gasteiger partial charge is 0.343 e. The summed E-state index contributed by atoms with van der Waals surface area (Å²) >= 11 is 2.50. The number of nitrogens with two attached hydrogens (primary N) is 1. The average molecular weight is 454 g/mol. The standard InChI is InChI=1S/C23H33F2N3S2/c1-15-21(29-26)13-19(28(15)14-16-8-6-5-7-9-16)17-10-11-20(18(12-17)22(24)25)30-27-23(2,3)4/h10-13,16,22,27H,5-9,14,26H2,1-4H3. The summed E-state index contributed by atoms with van der Waals surface area (Å²) in [6.07, 6.45) is 3.82. The quantitative estimate of drug-likeness (QED) is 0.430. The Balaban J connectivity index is 1.96. The molecule has 0 saturated heterocycles. The van der Waals surface area contributed by atoms with E-state index in [0.29, 0.717) is 10.8 Å². The van der Waals surface area contributed by atoms with Crippen LogP contribution in [-0.2, 0) is 6.54 Å². The summed E-state index contributed by atoms with van der Waals surface area (Å²) in [5, 5.41) is 5.90. The van der Waals surface area contributed by atoms with E-state index in [9.17, 15) is 8.78 Å². The molecule has 0 atom stereocenters. The predicted molar refractivity (Wildman–Crippen MR) is 125 cm³/mol. The van der Waals surface area contributed by atoms with Crippen LogP contribution in [-0.4, -0.2) is 10.1 Å². The van der Waals surface area contributed by atoms with Gasteiger partial charge in [0.2, 0.25) is 0 Å². The zero-order chi connectivity index (χ0) is 21.9. The van der Waals surface area contributed by atoms with Gasteiger partial charge < -0.3 is 4.57 Å². The summed E-state index contributed by atoms with van der Waals surface area (Å²) in [6.45, 7) is 9.05. The lowest BCUT2D eigenvalue weighted by Gasteiger charge is -2.24. The summed E-state index contributed by atoms with van der Waals surface area (Å²) in [5.41, 5.74) is 2.83. The monoisotopic (exact) mass is 453 g/mol. The van der Waals surface area contributed by atoms with Gasteiger partial charge in [-0.1, -0.05) is 25.3 Å². The Morgan fingerprint density at radius 3 is 2.43 bits per heavy atom. The molecule has 3 nitrogen and oxygen atoms in total. The van der Waals surface area contributed by atoms with Crippen LogP contribution in [0.1, 0.15) is 70.6 Å². The van der Waals surface area contributed by atoms with E-state index in [1.165, 1.54) is 56.0 Å². The molecule has 0 radical (unpaired) electrons. The molecule has 0 amide bonds. The zero-order valence-corrected chi connectivity index (χ0v) is 19.9. The van der Waals surface area contributed by atoms with E-state index >= 15 is 0 Å². The van der Waals surface area contributed by atoms with Crippen molar-refractivity contribution < 1.29 is 8.78 Å². The second-order valence-electron chi connectivity index (χ2n) is 9.22. The third kappa shape index (κ3) is 5.81. The number of nitrogens with zero attached hydrogens (tertiary/aromatic N) is 1. The van der Waals surface area contributed by atoms with Crippen LogP contribution in [0, 0.1) is 12.8 Å². The van der Waals surface area contributed by atoms with Crippen LogP contribution in [0.4, 0.5) is 8.78 Å². The number of nitrogens with one attached hydrogen (secondary N) is 1. The number of rotatable bonds is 7. The van der Waals surface area contributed by atoms with Crippen molar-refractivity contribution >= 4 is 23.9 Å². The van der Waals surface area contributed by atoms with Crippen molar-refractivity contribution in [3.05, 3.63) is 35.5 Å². The predicted octanol–water partition coefficient (Wildman–Crippen LogP) is 7.34. The van der Waals surface area contributed by atoms with Gasteiger partial charge in [0.1, 0.15) is 0 Å². The first kappa shape index (κ1) is 23.6. The smallest absolute Gasteiger partial charge is 0.264 e. The normalized spacial score (nSPS) is 15.9. The van der Waals surface area contributed by atoms with Crippen LogP contribution < -0.4 is 9.86 Å². The lowest BCUT2D eigenvalue weighted by Crippen LogP contribution is -2.29. The minimum absolute atomic E-state index is 0.0688. The Morgan fingerprint density at radius 2 is 1.83 bits per heavy atom. The maximum atomic E-state index is 13.9. The SMILES string of the molecule is Cc1c(SN)cc(-c2ccc(SNC(C)(C)C)c(C(F)F)c2)n1CC1CCCCC1. The van der Waals surface area contributed by atoms with Gasteiger partial charge in [-0.25, -0.2) is 8.78 Å². The molecule has 1 aliphatic rings. The van der Waals surface area contributed by atoms with Crippen molar-refractivity contribution in [3.63, 3.8) is 0 Å². The zero-order valence-electron chi connectivity index (χ0n) is 18.3. The van der Waals surface area contributed by atoms with Gasteiger partial charge in [-0.15, -0.1) is 0 Å². The van der Waals surface area contributed by atoms with Crippen molar-refractivity contribution in [2.24, 2.45) is 11.1 Å². The van der Waals surface area contributed by atoms with E-state index < -0.39 is 6.43 Å². The van der Waals surface area contributed by atoms with E-state index in [0.717, 1.165) is 28.4 Å². The summed E-state index contributed by atoms with van der Waals surface area (Å²) in [4.78, 5) is 1.58. The molecule has 3 N–H and O–H groups in total. The molecular formula is C23H33F2N3S2. The Bertz CT molecular complexity index is 853. The number of benzene rings is 1. The van der Waals surface area contributed by atoms with E-state index in [-0.39, 0.29) is 11.1 Å². The fourth-order valence-electron chi connectivity index (χ4n) is 4.02. The summed E-state index contributed by atoms with van der Waals surface area (Å²) < 4.78 is 33.3. The summed E-state index contributed by atoms with van der Waals surface area (Å²) in [6, 6.07) is 7.46. The van der Waals surface area contributed by atoms with Gasteiger partial charge in [-0.2, -0.15) is 0 Å². The molecule has 1 saturated carbocycles. The highest BCUT2D eigenvalue weighted by Gasteiger charge is 2.22. The van der Waals surface area contributed by atoms with Crippen LogP contribution in [0.5, 0.6) is 0 Å². The molecule has 1 fully saturated rings. The van der Waals surface area contributed by atoms with Crippen LogP contribution in [0.3, 0.4) is 0 Å². The van der Waals surface area contributed by atoms with E-state index in [2.05, 4.69) is 16.2 Å². The van der Waals surface area contributed by atoms with Gasteiger partial charge in [0.05, 0.1) is 0 Å². The van der Waals surface area contributed by atoms with Crippen LogP contribution in [0.25, 0.3) is 11.3 Å². The molecule has 2 aromatic rings. The van der Waals surface area contributed by atoms with Crippen molar-refractivity contribution in [3.8, 4) is 11.3 Å². The Morgan fingerprint density at radius 1 is 1.13 bits per heavy atom. The van der Waals surface area contributed by atoms with Crippen molar-refractivity contribution in [1.29, 1.82) is 0 Å². The summed E-state index contributed by atoms with van der Waals surface area (Å²) in [7, 11) is 0. The van der Waals surface area contributed by atoms with Crippen LogP contribution >= 0.6 is 23.9 Å². The molecule has 1 aromatic heterocycles. The molecule has 1 aliphatic carbocycles. The highest BCUT2D eigenvalue weighted by molar-refractivity contribution is 7.97. The first-order valence-corrected chi connectivity index (χ1v) is 12.3. The molecule has 166 valence electrons. The third-order valence-corrected chi connectivity index (χ3v) is 7.59. The van der Waals surface area contributed by atoms with Gasteiger partial charge in [0.25, 0.3) is 6.43 Å². The van der Waals surface area contributed by atoms with Crippen molar-refractivity contribution in [2.45, 2.75) is 88.1 Å². The fourth-order valence-corrected chi connectivity index (χ4v) is 5.30. The average Bonchev–Trinajstić information content (AvgIpc) is 3.02. The minimum Gasteiger partial charge on any atom is -0.343 e. The minimum atomic E-state index is -2.53. The molecular weight excluding hydrogens is 420 g/mol. The van der Waals surface area contributed by atoms with Crippen LogP contribution in [0.15, 0.2) is 34.1 Å². The topological polar surface area (TPSA) is 43.0 Å². The van der Waals surface area contributed by atoms with Gasteiger partial charge in [-0.05, 0) is 94.1 Å². The maximum Gasteiger partial charge on any atom is 0.264 e. The molecule has 0 aliphatic heterocycles. The number of hydrogen-bond donors (Lipinski definition) is 2. The number of halogens is 2. The molecule has 3 rings (SSSR count). The van der Waals surface area contributed by atoms with Gasteiger partial charge >= 0.3 is 0 Å². The Kier molecular flexibility index (Phi) is 7.93. The summed E-state index contributed by atoms with van der Waals surface area (Å²) in [5.74, 6) is 0.639. The second kappa shape index (κ2) is 10.1. The third-order valence-electron chi connectivity index (χ3n) is 5.62. The first-order chi connectivity index (χ1) is 14.2. The van der Waals surface area contributed by atoms with Crippen molar-refractivity contribution in [1.82, 2.24) is 9.29 Å². The highest BCUT2D eigenvalue weighted by Crippen LogP contribution is 2.37. The number of aromatic nitrogens is 1. The number of hydrogen-bond acceptors (Lipinski definition) is 4. The Hall–Kier alpha value is -1.02. The van der Waals surface area contributed by atoms with Crippen LogP contribution in [0.2, 0.25) is 0 Å². The maximum absolute atomic E-state index is 13.9. The lowest BCUT2D eigenvalue weighted by molar-refractivity contribution is 0.148. The van der Waals surface area contributed by atoms with Crippen molar-refractivity contribution in [2.75, 3.05) is 0 Å². The van der Waals surface area contributed by atoms with E-state index in [1.807, 2.05) is 39.0 Å².